The molecule has 53 heavy (non-hydrogen) atoms. The average Bonchev–Trinajstić information content (AvgIpc) is 3.67. The van der Waals surface area contributed by atoms with Crippen molar-refractivity contribution >= 4 is 28.4 Å². The number of carbonyl (C=O) groups excluding carboxylic acids is 1. The van der Waals surface area contributed by atoms with E-state index in [0.29, 0.717) is 32.0 Å². The third-order valence-electron chi connectivity index (χ3n) is 11.5. The Balaban J connectivity index is 1.53. The second-order valence-corrected chi connectivity index (χ2v) is 17.6. The number of hydrogen-bond donors (Lipinski definition) is 3. The molecule has 0 saturated carbocycles. The molecule has 4 aliphatic heterocycles. The van der Waals surface area contributed by atoms with Crippen LogP contribution in [0.15, 0.2) is 10.4 Å². The monoisotopic (exact) mass is 767 g/mol. The van der Waals surface area contributed by atoms with E-state index in [4.69, 9.17) is 38.4 Å². The number of rotatable bonds is 6. The normalized spacial score (nSPS) is 42.8. The molecule has 2 bridgehead atoms. The van der Waals surface area contributed by atoms with E-state index in [1.54, 1.807) is 32.3 Å². The molecule has 15 heteroatoms. The van der Waals surface area contributed by atoms with Crippen molar-refractivity contribution in [3.05, 3.63) is 11.1 Å². The van der Waals surface area contributed by atoms with Gasteiger partial charge in [0.15, 0.2) is 23.8 Å². The number of aliphatic hydroxyl groups is 2. The van der Waals surface area contributed by atoms with Crippen LogP contribution in [0.4, 0.5) is 5.13 Å². The van der Waals surface area contributed by atoms with Crippen LogP contribution in [0.3, 0.4) is 0 Å². The van der Waals surface area contributed by atoms with Gasteiger partial charge in [0, 0.05) is 64.5 Å². The number of nitrogens with zero attached hydrogens (tertiary/aromatic N) is 4. The standard InChI is InChI=1S/C38H65N5O9S/c1-20(2)40-35-43(11)27-15-22(4)48-34(30(27)51-35)52-32-23(5)29(50-28-17-38(9,47-12)31(44)25(7)49-28)24(6)33(45)39-14-13-26-19-53-36(41-26)42(10)18-21(3)16-37(32,8)46/h19-25,27-32,34,44,46H,13-18H2,1-12H3,(H,39,45)/b40-35+/t21-,22-,23+,24-,25+,27+,28+,29+,30-,31+,32-,34+,37-,38-/m1/s1. The number of nitrogens with one attached hydrogen (secondary N) is 1. The smallest absolute Gasteiger partial charge is 0.288 e. The van der Waals surface area contributed by atoms with Crippen LogP contribution in [0.5, 0.6) is 0 Å². The summed E-state index contributed by atoms with van der Waals surface area (Å²) < 4.78 is 38.8. The number of anilines is 1. The van der Waals surface area contributed by atoms with Crippen LogP contribution in [0.1, 0.15) is 87.3 Å². The molecule has 5 heterocycles. The summed E-state index contributed by atoms with van der Waals surface area (Å²) in [5.74, 6) is -1.43. The Morgan fingerprint density at radius 3 is 2.51 bits per heavy atom. The van der Waals surface area contributed by atoms with Crippen LogP contribution in [0, 0.1) is 17.8 Å². The van der Waals surface area contributed by atoms with Gasteiger partial charge in [-0.15, -0.1) is 11.3 Å². The average molecular weight is 768 g/mol. The fourth-order valence-electron chi connectivity index (χ4n) is 8.59. The highest BCUT2D eigenvalue weighted by Crippen LogP contribution is 2.41. The number of aliphatic hydroxyl groups excluding tert-OH is 1. The Morgan fingerprint density at radius 2 is 1.83 bits per heavy atom. The molecule has 0 radical (unpaired) electrons. The van der Waals surface area contributed by atoms with Gasteiger partial charge in [0.1, 0.15) is 6.10 Å². The maximum absolute atomic E-state index is 14.0. The summed E-state index contributed by atoms with van der Waals surface area (Å²) in [6.07, 6.45) is -3.53. The summed E-state index contributed by atoms with van der Waals surface area (Å²) in [7, 11) is 5.56. The highest BCUT2D eigenvalue weighted by molar-refractivity contribution is 7.13. The zero-order valence-corrected chi connectivity index (χ0v) is 34.6. The first kappa shape index (κ1) is 42.0. The van der Waals surface area contributed by atoms with Crippen molar-refractivity contribution in [1.29, 1.82) is 0 Å². The largest absolute Gasteiger partial charge is 0.454 e. The first-order valence-corrected chi connectivity index (χ1v) is 20.2. The van der Waals surface area contributed by atoms with Gasteiger partial charge in [0.25, 0.3) is 6.02 Å². The van der Waals surface area contributed by atoms with Gasteiger partial charge in [0.2, 0.25) is 5.91 Å². The molecule has 1 aromatic rings. The molecule has 302 valence electrons. The molecule has 0 aliphatic carbocycles. The van der Waals surface area contributed by atoms with Crippen LogP contribution >= 0.6 is 11.3 Å². The minimum Gasteiger partial charge on any atom is -0.454 e. The lowest BCUT2D eigenvalue weighted by atomic mass is 9.77. The minimum absolute atomic E-state index is 0.0256. The number of amidine groups is 1. The Labute approximate surface area is 319 Å². The van der Waals surface area contributed by atoms with Crippen molar-refractivity contribution < 1.29 is 43.4 Å². The van der Waals surface area contributed by atoms with Gasteiger partial charge in [-0.1, -0.05) is 20.8 Å². The number of fused-ring (bicyclic) bond motifs is 3. The summed E-state index contributed by atoms with van der Waals surface area (Å²) in [5, 5.41) is 29.6. The van der Waals surface area contributed by atoms with E-state index >= 15 is 0 Å². The van der Waals surface area contributed by atoms with Gasteiger partial charge in [-0.25, -0.2) is 9.98 Å². The van der Waals surface area contributed by atoms with Gasteiger partial charge < -0.3 is 53.8 Å². The molecule has 4 aliphatic rings. The first-order valence-electron chi connectivity index (χ1n) is 19.3. The Morgan fingerprint density at radius 1 is 1.11 bits per heavy atom. The van der Waals surface area contributed by atoms with Crippen molar-refractivity contribution in [2.75, 3.05) is 39.2 Å². The third-order valence-corrected chi connectivity index (χ3v) is 12.5. The van der Waals surface area contributed by atoms with Crippen molar-refractivity contribution in [2.24, 2.45) is 22.7 Å². The van der Waals surface area contributed by atoms with Gasteiger partial charge in [-0.3, -0.25) is 4.79 Å². The Hall–Kier alpha value is -2.11. The number of amides is 1. The number of likely N-dealkylation sites (N-methyl/N-ethyl adjacent to an activating group) is 1. The number of aromatic nitrogens is 1. The summed E-state index contributed by atoms with van der Waals surface area (Å²) >= 11 is 1.57. The van der Waals surface area contributed by atoms with Gasteiger partial charge >= 0.3 is 0 Å². The summed E-state index contributed by atoms with van der Waals surface area (Å²) in [6, 6.07) is 0.529. The van der Waals surface area contributed by atoms with Crippen molar-refractivity contribution in [2.45, 2.75) is 160 Å². The lowest BCUT2D eigenvalue weighted by molar-refractivity contribution is -0.313. The summed E-state index contributed by atoms with van der Waals surface area (Å²) in [5.41, 5.74) is -1.44. The molecule has 5 rings (SSSR count). The number of hydrogen-bond acceptors (Lipinski definition) is 13. The zero-order valence-electron chi connectivity index (χ0n) is 33.8. The molecular formula is C38H65N5O9S. The maximum atomic E-state index is 14.0. The van der Waals surface area contributed by atoms with Crippen molar-refractivity contribution in [3.8, 4) is 0 Å². The SMILES string of the molecule is CO[C@]1(C)C[C@H](O[C@H]2[C@H](C)[C@@H](O[C@@H]3O[C@H](C)C[C@H]4[C@H]3O/C(=N/C(C)C)N4C)[C@](C)(O)C[C@@H](C)CN(C)c3nc(cs3)CCNC(=O)[C@@H]2C)O[C@@H](C)[C@@H]1O. The van der Waals surface area contributed by atoms with Crippen LogP contribution in [-0.4, -0.2) is 139 Å². The van der Waals surface area contributed by atoms with Crippen LogP contribution in [-0.2, 0) is 39.6 Å². The van der Waals surface area contributed by atoms with Crippen molar-refractivity contribution in [1.82, 2.24) is 15.2 Å². The van der Waals surface area contributed by atoms with E-state index in [1.807, 2.05) is 61.0 Å². The second kappa shape index (κ2) is 16.9. The quantitative estimate of drug-likeness (QED) is 0.388. The fraction of sp³-hybridized carbons (Fsp3) is 0.868. The van der Waals surface area contributed by atoms with Crippen LogP contribution in [0.2, 0.25) is 0 Å². The zero-order chi connectivity index (χ0) is 39.0. The number of methoxy groups -OCH3 is 1. The second-order valence-electron chi connectivity index (χ2n) is 16.8. The molecule has 14 nitrogen and oxygen atoms in total. The highest BCUT2D eigenvalue weighted by Gasteiger charge is 2.53. The Bertz CT molecular complexity index is 1410. The van der Waals surface area contributed by atoms with Gasteiger partial charge in [0.05, 0.1) is 53.3 Å². The van der Waals surface area contributed by atoms with E-state index in [1.165, 1.54) is 0 Å². The van der Waals surface area contributed by atoms with Gasteiger partial charge in [-0.2, -0.15) is 0 Å². The molecule has 3 saturated heterocycles. The van der Waals surface area contributed by atoms with Crippen molar-refractivity contribution in [3.63, 3.8) is 0 Å². The number of thiazole rings is 1. The Kier molecular flexibility index (Phi) is 13.4. The molecule has 0 aromatic carbocycles. The maximum Gasteiger partial charge on any atom is 0.288 e. The van der Waals surface area contributed by atoms with E-state index in [-0.39, 0.29) is 36.4 Å². The van der Waals surface area contributed by atoms with E-state index in [9.17, 15) is 15.0 Å². The van der Waals surface area contributed by atoms with E-state index < -0.39 is 66.1 Å². The highest BCUT2D eigenvalue weighted by atomic mass is 32.1. The molecule has 3 fully saturated rings. The number of carbonyl (C=O) groups is 1. The van der Waals surface area contributed by atoms with E-state index in [0.717, 1.165) is 17.2 Å². The summed E-state index contributed by atoms with van der Waals surface area (Å²) in [4.78, 5) is 27.7. The van der Waals surface area contributed by atoms with E-state index in [2.05, 4.69) is 22.0 Å². The third kappa shape index (κ3) is 9.48. The molecule has 1 amide bonds. The predicted octanol–water partition coefficient (Wildman–Crippen LogP) is 3.57. The molecule has 0 spiro atoms. The van der Waals surface area contributed by atoms with Gasteiger partial charge in [-0.05, 0) is 60.3 Å². The predicted molar refractivity (Wildman–Crippen MR) is 203 cm³/mol. The molecule has 3 N–H and O–H groups in total. The summed E-state index contributed by atoms with van der Waals surface area (Å²) in [6.45, 7) is 18.4. The van der Waals surface area contributed by atoms with Crippen LogP contribution in [0.25, 0.3) is 0 Å². The minimum atomic E-state index is -1.42. The van der Waals surface area contributed by atoms with Crippen LogP contribution < -0.4 is 10.2 Å². The topological polar surface area (TPSA) is 157 Å². The lowest BCUT2D eigenvalue weighted by Crippen LogP contribution is -2.60. The first-order chi connectivity index (χ1) is 24.8. The lowest BCUT2D eigenvalue weighted by Gasteiger charge is -2.48. The molecule has 0 unspecified atom stereocenters. The fourth-order valence-corrected chi connectivity index (χ4v) is 9.43. The molecule has 1 aromatic heterocycles. The molecular weight excluding hydrogens is 703 g/mol. The number of aliphatic imine (C=N–C) groups is 1. The number of ether oxygens (including phenoxy) is 6. The molecule has 14 atom stereocenters.